The van der Waals surface area contributed by atoms with E-state index in [1.807, 2.05) is 19.2 Å². The molecule has 0 heterocycles. The molecule has 0 fully saturated rings. The Hall–Kier alpha value is -2.09. The number of para-hydroxylation sites is 1. The molecule has 2 nitrogen and oxygen atoms in total. The van der Waals surface area contributed by atoms with E-state index in [-0.39, 0.29) is 6.04 Å². The van der Waals surface area contributed by atoms with Crippen molar-refractivity contribution < 1.29 is 0 Å². The zero-order valence-electron chi connectivity index (χ0n) is 13.3. The van der Waals surface area contributed by atoms with Gasteiger partial charge in [-0.1, -0.05) is 62.4 Å². The zero-order valence-corrected chi connectivity index (χ0v) is 13.3. The first kappa shape index (κ1) is 15.3. The largest absolute Gasteiger partial charge is 0.388 e. The lowest BCUT2D eigenvalue weighted by Crippen LogP contribution is -2.14. The van der Waals surface area contributed by atoms with Crippen LogP contribution in [0.2, 0.25) is 0 Å². The van der Waals surface area contributed by atoms with Crippen molar-refractivity contribution in [1.29, 1.82) is 0 Å². The Morgan fingerprint density at radius 3 is 2.14 bits per heavy atom. The van der Waals surface area contributed by atoms with Crippen molar-refractivity contribution in [2.75, 3.05) is 12.4 Å². The van der Waals surface area contributed by atoms with Crippen LogP contribution in [-0.4, -0.2) is 18.8 Å². The van der Waals surface area contributed by atoms with Crippen molar-refractivity contribution in [3.05, 3.63) is 65.7 Å². The molecular formula is C19H24N2. The maximum atomic E-state index is 5.00. The summed E-state index contributed by atoms with van der Waals surface area (Å²) in [6.45, 7) is 6.59. The van der Waals surface area contributed by atoms with E-state index in [9.17, 15) is 0 Å². The van der Waals surface area contributed by atoms with Gasteiger partial charge in [0.05, 0.1) is 11.8 Å². The monoisotopic (exact) mass is 280 g/mol. The van der Waals surface area contributed by atoms with Gasteiger partial charge in [0.15, 0.2) is 0 Å². The predicted octanol–water partition coefficient (Wildman–Crippen LogP) is 4.61. The van der Waals surface area contributed by atoms with Crippen LogP contribution >= 0.6 is 0 Å². The topological polar surface area (TPSA) is 24.4 Å². The van der Waals surface area contributed by atoms with E-state index in [1.165, 1.54) is 0 Å². The van der Waals surface area contributed by atoms with Gasteiger partial charge < -0.3 is 5.32 Å². The second kappa shape index (κ2) is 7.07. The standard InChI is InChI=1S/C19H24N2/c1-14(2)15(3)21-19(16-10-6-5-7-11-16)17-12-8-9-13-18(17)20-4/h5-15,20H,1-4H3. The van der Waals surface area contributed by atoms with Crippen molar-refractivity contribution in [1.82, 2.24) is 0 Å². The third kappa shape index (κ3) is 3.72. The highest BCUT2D eigenvalue weighted by molar-refractivity contribution is 6.16. The van der Waals surface area contributed by atoms with E-state index in [1.54, 1.807) is 0 Å². The smallest absolute Gasteiger partial charge is 0.0743 e. The first-order valence-corrected chi connectivity index (χ1v) is 7.54. The van der Waals surface area contributed by atoms with Crippen LogP contribution in [0.25, 0.3) is 0 Å². The van der Waals surface area contributed by atoms with Crippen LogP contribution < -0.4 is 5.32 Å². The van der Waals surface area contributed by atoms with Crippen molar-refractivity contribution in [2.45, 2.75) is 26.8 Å². The normalized spacial score (nSPS) is 13.3. The summed E-state index contributed by atoms with van der Waals surface area (Å²) in [5.41, 5.74) is 4.48. The lowest BCUT2D eigenvalue weighted by Gasteiger charge is -2.17. The summed E-state index contributed by atoms with van der Waals surface area (Å²) in [6.07, 6.45) is 0. The molecule has 1 N–H and O–H groups in total. The molecule has 1 atom stereocenters. The summed E-state index contributed by atoms with van der Waals surface area (Å²) in [5, 5.41) is 3.27. The van der Waals surface area contributed by atoms with E-state index in [2.05, 4.69) is 68.6 Å². The summed E-state index contributed by atoms with van der Waals surface area (Å²) in [6, 6.07) is 19.0. The van der Waals surface area contributed by atoms with Crippen LogP contribution in [0.3, 0.4) is 0 Å². The highest BCUT2D eigenvalue weighted by Crippen LogP contribution is 2.21. The van der Waals surface area contributed by atoms with Gasteiger partial charge in [0.1, 0.15) is 0 Å². The SMILES string of the molecule is CNc1ccccc1C(=NC(C)C(C)C)c1ccccc1. The minimum absolute atomic E-state index is 0.283. The van der Waals surface area contributed by atoms with Gasteiger partial charge in [0.25, 0.3) is 0 Å². The maximum Gasteiger partial charge on any atom is 0.0743 e. The molecule has 2 aromatic carbocycles. The molecule has 2 aromatic rings. The number of hydrogen-bond donors (Lipinski definition) is 1. The molecule has 0 amide bonds. The molecule has 0 saturated heterocycles. The Morgan fingerprint density at radius 1 is 0.905 bits per heavy atom. The second-order valence-corrected chi connectivity index (χ2v) is 5.62. The van der Waals surface area contributed by atoms with Gasteiger partial charge in [-0.2, -0.15) is 0 Å². The first-order valence-electron chi connectivity index (χ1n) is 7.54. The number of anilines is 1. The summed E-state index contributed by atoms with van der Waals surface area (Å²) in [4.78, 5) is 5.00. The van der Waals surface area contributed by atoms with E-state index in [4.69, 9.17) is 4.99 Å². The minimum atomic E-state index is 0.283. The third-order valence-corrected chi connectivity index (χ3v) is 3.80. The lowest BCUT2D eigenvalue weighted by molar-refractivity contribution is 0.532. The minimum Gasteiger partial charge on any atom is -0.388 e. The number of nitrogens with zero attached hydrogens (tertiary/aromatic N) is 1. The highest BCUT2D eigenvalue weighted by Gasteiger charge is 2.13. The van der Waals surface area contributed by atoms with Gasteiger partial charge in [-0.05, 0) is 18.9 Å². The average Bonchev–Trinajstić information content (AvgIpc) is 2.53. The molecule has 2 rings (SSSR count). The van der Waals surface area contributed by atoms with Crippen LogP contribution in [0.15, 0.2) is 59.6 Å². The summed E-state index contributed by atoms with van der Waals surface area (Å²) >= 11 is 0. The molecule has 0 aliphatic rings. The fraction of sp³-hybridized carbons (Fsp3) is 0.316. The maximum absolute atomic E-state index is 5.00. The van der Waals surface area contributed by atoms with E-state index >= 15 is 0 Å². The summed E-state index contributed by atoms with van der Waals surface area (Å²) in [7, 11) is 1.95. The fourth-order valence-corrected chi connectivity index (χ4v) is 2.16. The third-order valence-electron chi connectivity index (χ3n) is 3.80. The molecule has 110 valence electrons. The Kier molecular flexibility index (Phi) is 5.15. The number of nitrogens with one attached hydrogen (secondary N) is 1. The molecule has 0 radical (unpaired) electrons. The lowest BCUT2D eigenvalue weighted by atomic mass is 9.99. The van der Waals surface area contributed by atoms with Crippen LogP contribution in [0.5, 0.6) is 0 Å². The van der Waals surface area contributed by atoms with Gasteiger partial charge in [-0.25, -0.2) is 0 Å². The molecule has 0 aliphatic carbocycles. The van der Waals surface area contributed by atoms with Crippen LogP contribution in [0.1, 0.15) is 31.9 Å². The van der Waals surface area contributed by atoms with Crippen molar-refractivity contribution in [2.24, 2.45) is 10.9 Å². The first-order chi connectivity index (χ1) is 10.1. The van der Waals surface area contributed by atoms with Crippen molar-refractivity contribution in [3.8, 4) is 0 Å². The molecule has 21 heavy (non-hydrogen) atoms. The van der Waals surface area contributed by atoms with Crippen LogP contribution in [0.4, 0.5) is 5.69 Å². The molecule has 0 bridgehead atoms. The molecule has 2 heteroatoms. The molecule has 0 aromatic heterocycles. The molecule has 0 spiro atoms. The summed E-state index contributed by atoms with van der Waals surface area (Å²) in [5.74, 6) is 0.519. The van der Waals surface area contributed by atoms with Gasteiger partial charge in [-0.3, -0.25) is 4.99 Å². The number of aliphatic imine (C=N–C) groups is 1. The molecular weight excluding hydrogens is 256 g/mol. The molecule has 1 unspecified atom stereocenters. The van der Waals surface area contributed by atoms with Gasteiger partial charge >= 0.3 is 0 Å². The van der Waals surface area contributed by atoms with Gasteiger partial charge in [0.2, 0.25) is 0 Å². The van der Waals surface area contributed by atoms with Crippen LogP contribution in [-0.2, 0) is 0 Å². The van der Waals surface area contributed by atoms with Gasteiger partial charge in [-0.15, -0.1) is 0 Å². The molecule has 0 aliphatic heterocycles. The Bertz CT molecular complexity index is 600. The van der Waals surface area contributed by atoms with Gasteiger partial charge in [0, 0.05) is 23.9 Å². The molecule has 0 saturated carbocycles. The fourth-order valence-electron chi connectivity index (χ4n) is 2.16. The summed E-state index contributed by atoms with van der Waals surface area (Å²) < 4.78 is 0. The zero-order chi connectivity index (χ0) is 15.2. The Morgan fingerprint density at radius 2 is 1.52 bits per heavy atom. The van der Waals surface area contributed by atoms with E-state index in [0.717, 1.165) is 22.5 Å². The number of rotatable bonds is 5. The quantitative estimate of drug-likeness (QED) is 0.795. The Balaban J connectivity index is 2.56. The van der Waals surface area contributed by atoms with Crippen molar-refractivity contribution >= 4 is 11.4 Å². The van der Waals surface area contributed by atoms with E-state index < -0.39 is 0 Å². The number of benzene rings is 2. The Labute approximate surface area is 127 Å². The van der Waals surface area contributed by atoms with Crippen LogP contribution in [0, 0.1) is 5.92 Å². The number of hydrogen-bond acceptors (Lipinski definition) is 2. The highest BCUT2D eigenvalue weighted by atomic mass is 14.8. The average molecular weight is 280 g/mol. The van der Waals surface area contributed by atoms with E-state index in [0.29, 0.717) is 5.92 Å². The predicted molar refractivity (Wildman–Crippen MR) is 92.4 cm³/mol. The second-order valence-electron chi connectivity index (χ2n) is 5.62. The van der Waals surface area contributed by atoms with Crippen molar-refractivity contribution in [3.63, 3.8) is 0 Å².